The number of hydrogen-bond donors (Lipinski definition) is 1. The van der Waals surface area contributed by atoms with Crippen molar-refractivity contribution in [2.45, 2.75) is 33.0 Å². The van der Waals surface area contributed by atoms with Gasteiger partial charge in [-0.05, 0) is 26.0 Å². The van der Waals surface area contributed by atoms with Gasteiger partial charge in [-0.2, -0.15) is 5.10 Å². The minimum Gasteiger partial charge on any atom is -0.487 e. The van der Waals surface area contributed by atoms with Crippen molar-refractivity contribution >= 4 is 0 Å². The molecule has 0 fully saturated rings. The summed E-state index contributed by atoms with van der Waals surface area (Å²) in [5, 5.41) is 4.46. The Bertz CT molecular complexity index is 637. The maximum atomic E-state index is 5.84. The zero-order chi connectivity index (χ0) is 14.8. The van der Waals surface area contributed by atoms with Crippen LogP contribution in [-0.4, -0.2) is 16.6 Å². The van der Waals surface area contributed by atoms with Gasteiger partial charge < -0.3 is 19.9 Å². The highest BCUT2D eigenvalue weighted by molar-refractivity contribution is 5.51. The Morgan fingerprint density at radius 2 is 2.10 bits per heavy atom. The lowest BCUT2D eigenvalue weighted by Crippen LogP contribution is -2.05. The molecule has 0 spiro atoms. The van der Waals surface area contributed by atoms with E-state index in [1.807, 2.05) is 29.1 Å². The molecule has 0 saturated heterocycles. The Kier molecular flexibility index (Phi) is 3.70. The van der Waals surface area contributed by atoms with Crippen LogP contribution in [0.1, 0.15) is 31.1 Å². The summed E-state index contributed by atoms with van der Waals surface area (Å²) in [7, 11) is 0. The van der Waals surface area contributed by atoms with Crippen LogP contribution < -0.4 is 19.9 Å². The van der Waals surface area contributed by atoms with Gasteiger partial charge in [-0.25, -0.2) is 0 Å². The van der Waals surface area contributed by atoms with Crippen molar-refractivity contribution < 1.29 is 14.2 Å². The minimum absolute atomic E-state index is 0.238. The summed E-state index contributed by atoms with van der Waals surface area (Å²) in [5.41, 5.74) is 7.53. The molecular formula is C15H19N3O3. The summed E-state index contributed by atoms with van der Waals surface area (Å²) in [5.74, 6) is 2.11. The third kappa shape index (κ3) is 2.80. The molecule has 1 aromatic carbocycles. The molecule has 0 unspecified atom stereocenters. The van der Waals surface area contributed by atoms with Gasteiger partial charge in [-0.3, -0.25) is 4.68 Å². The first-order chi connectivity index (χ1) is 10.2. The van der Waals surface area contributed by atoms with Crippen LogP contribution in [0.4, 0.5) is 0 Å². The molecule has 0 bridgehead atoms. The summed E-state index contributed by atoms with van der Waals surface area (Å²) in [6.07, 6.45) is 1.95. The molecule has 0 radical (unpaired) electrons. The number of nitrogens with zero attached hydrogens (tertiary/aromatic N) is 2. The lowest BCUT2D eigenvalue weighted by atomic mass is 10.2. The molecule has 0 saturated carbocycles. The van der Waals surface area contributed by atoms with Crippen molar-refractivity contribution in [2.24, 2.45) is 5.73 Å². The SMILES string of the molecule is CC(C)n1ccc(COc2cc3c(cc2CN)OCO3)n1. The van der Waals surface area contributed by atoms with Gasteiger partial charge in [0.15, 0.2) is 11.5 Å². The molecule has 3 rings (SSSR count). The van der Waals surface area contributed by atoms with Gasteiger partial charge in [0.2, 0.25) is 6.79 Å². The van der Waals surface area contributed by atoms with E-state index in [1.165, 1.54) is 0 Å². The Morgan fingerprint density at radius 1 is 1.33 bits per heavy atom. The van der Waals surface area contributed by atoms with Gasteiger partial charge in [0, 0.05) is 30.4 Å². The fourth-order valence-electron chi connectivity index (χ4n) is 2.15. The largest absolute Gasteiger partial charge is 0.487 e. The lowest BCUT2D eigenvalue weighted by molar-refractivity contribution is 0.173. The van der Waals surface area contributed by atoms with E-state index in [1.54, 1.807) is 0 Å². The third-order valence-electron chi connectivity index (χ3n) is 3.34. The van der Waals surface area contributed by atoms with Crippen LogP contribution in [0.2, 0.25) is 0 Å². The fourth-order valence-corrected chi connectivity index (χ4v) is 2.15. The Balaban J connectivity index is 1.75. The van der Waals surface area contributed by atoms with E-state index in [0.29, 0.717) is 36.4 Å². The van der Waals surface area contributed by atoms with Crippen molar-refractivity contribution in [2.75, 3.05) is 6.79 Å². The molecule has 112 valence electrons. The fraction of sp³-hybridized carbons (Fsp3) is 0.400. The zero-order valence-corrected chi connectivity index (χ0v) is 12.2. The standard InChI is InChI=1S/C15H19N3O3/c1-10(2)18-4-3-12(17-18)8-19-13-6-15-14(20-9-21-15)5-11(13)7-16/h3-6,10H,7-9,16H2,1-2H3. The molecular weight excluding hydrogens is 270 g/mol. The van der Waals surface area contributed by atoms with Crippen LogP contribution in [0.15, 0.2) is 24.4 Å². The first-order valence-electron chi connectivity index (χ1n) is 6.97. The molecule has 1 aromatic heterocycles. The summed E-state index contributed by atoms with van der Waals surface area (Å²) in [4.78, 5) is 0. The number of benzene rings is 1. The van der Waals surface area contributed by atoms with Crippen molar-refractivity contribution in [1.29, 1.82) is 0 Å². The van der Waals surface area contributed by atoms with Crippen molar-refractivity contribution in [1.82, 2.24) is 9.78 Å². The third-order valence-corrected chi connectivity index (χ3v) is 3.34. The second-order valence-electron chi connectivity index (χ2n) is 5.19. The van der Waals surface area contributed by atoms with Gasteiger partial charge in [-0.15, -0.1) is 0 Å². The Morgan fingerprint density at radius 3 is 2.76 bits per heavy atom. The maximum absolute atomic E-state index is 5.84. The van der Waals surface area contributed by atoms with E-state index in [-0.39, 0.29) is 6.79 Å². The average Bonchev–Trinajstić information content (AvgIpc) is 3.12. The van der Waals surface area contributed by atoms with Crippen molar-refractivity contribution in [3.8, 4) is 17.2 Å². The molecule has 0 aliphatic carbocycles. The Hall–Kier alpha value is -2.21. The van der Waals surface area contributed by atoms with E-state index in [9.17, 15) is 0 Å². The van der Waals surface area contributed by atoms with Gasteiger partial charge in [-0.1, -0.05) is 0 Å². The summed E-state index contributed by atoms with van der Waals surface area (Å²) >= 11 is 0. The molecule has 1 aliphatic heterocycles. The smallest absolute Gasteiger partial charge is 0.231 e. The van der Waals surface area contributed by atoms with Crippen LogP contribution in [0.25, 0.3) is 0 Å². The zero-order valence-electron chi connectivity index (χ0n) is 12.2. The molecule has 6 nitrogen and oxygen atoms in total. The molecule has 21 heavy (non-hydrogen) atoms. The Labute approximate surface area is 123 Å². The predicted octanol–water partition coefficient (Wildman–Crippen LogP) is 2.23. The molecule has 2 heterocycles. The van der Waals surface area contributed by atoms with Gasteiger partial charge in [0.25, 0.3) is 0 Å². The summed E-state index contributed by atoms with van der Waals surface area (Å²) in [6.45, 7) is 5.18. The molecule has 2 aromatic rings. The normalized spacial score (nSPS) is 13.0. The summed E-state index contributed by atoms with van der Waals surface area (Å²) in [6, 6.07) is 5.98. The number of ether oxygens (including phenoxy) is 3. The van der Waals surface area contributed by atoms with Crippen molar-refractivity contribution in [3.63, 3.8) is 0 Å². The molecule has 1 aliphatic rings. The van der Waals surface area contributed by atoms with E-state index in [4.69, 9.17) is 19.9 Å². The first-order valence-corrected chi connectivity index (χ1v) is 6.97. The number of fused-ring (bicyclic) bond motifs is 1. The second-order valence-corrected chi connectivity index (χ2v) is 5.19. The average molecular weight is 289 g/mol. The van der Waals surface area contributed by atoms with E-state index >= 15 is 0 Å². The van der Waals surface area contributed by atoms with Crippen LogP contribution in [-0.2, 0) is 13.2 Å². The second kappa shape index (κ2) is 5.65. The molecule has 0 amide bonds. The lowest BCUT2D eigenvalue weighted by Gasteiger charge is -2.10. The number of rotatable bonds is 5. The highest BCUT2D eigenvalue weighted by Crippen LogP contribution is 2.38. The van der Waals surface area contributed by atoms with Crippen molar-refractivity contribution in [3.05, 3.63) is 35.7 Å². The highest BCUT2D eigenvalue weighted by Gasteiger charge is 2.17. The molecule has 6 heteroatoms. The first kappa shape index (κ1) is 13.8. The summed E-state index contributed by atoms with van der Waals surface area (Å²) < 4.78 is 18.4. The monoisotopic (exact) mass is 289 g/mol. The van der Waals surface area contributed by atoms with Crippen LogP contribution in [0.5, 0.6) is 17.2 Å². The number of nitrogens with two attached hydrogens (primary N) is 1. The van der Waals surface area contributed by atoms with E-state index in [0.717, 1.165) is 11.3 Å². The molecule has 0 atom stereocenters. The van der Waals surface area contributed by atoms with Gasteiger partial charge in [0.1, 0.15) is 12.4 Å². The number of hydrogen-bond acceptors (Lipinski definition) is 5. The minimum atomic E-state index is 0.238. The van der Waals surface area contributed by atoms with Gasteiger partial charge in [0.05, 0.1) is 5.69 Å². The van der Waals surface area contributed by atoms with Crippen LogP contribution in [0.3, 0.4) is 0 Å². The van der Waals surface area contributed by atoms with Crippen LogP contribution in [0, 0.1) is 0 Å². The molecule has 2 N–H and O–H groups in total. The van der Waals surface area contributed by atoms with Gasteiger partial charge >= 0.3 is 0 Å². The van der Waals surface area contributed by atoms with E-state index in [2.05, 4.69) is 18.9 Å². The van der Waals surface area contributed by atoms with Crippen LogP contribution >= 0.6 is 0 Å². The topological polar surface area (TPSA) is 71.5 Å². The quantitative estimate of drug-likeness (QED) is 0.914. The predicted molar refractivity (Wildman–Crippen MR) is 77.4 cm³/mol. The maximum Gasteiger partial charge on any atom is 0.231 e. The van der Waals surface area contributed by atoms with E-state index < -0.39 is 0 Å². The highest BCUT2D eigenvalue weighted by atomic mass is 16.7. The number of aromatic nitrogens is 2.